The van der Waals surface area contributed by atoms with E-state index in [2.05, 4.69) is 11.9 Å². The van der Waals surface area contributed by atoms with Crippen molar-refractivity contribution in [3.05, 3.63) is 29.6 Å². The molecule has 0 aliphatic heterocycles. The highest BCUT2D eigenvalue weighted by molar-refractivity contribution is 5.91. The lowest BCUT2D eigenvalue weighted by molar-refractivity contribution is 0.0450. The molecule has 0 spiro atoms. The number of aromatic nitrogens is 1. The molecule has 0 fully saturated rings. The van der Waals surface area contributed by atoms with E-state index in [1.54, 1.807) is 12.1 Å². The third-order valence-electron chi connectivity index (χ3n) is 3.70. The first-order chi connectivity index (χ1) is 12.0. The summed E-state index contributed by atoms with van der Waals surface area (Å²) in [6, 6.07) is 4.70. The monoisotopic (exact) mass is 349 g/mol. The molecule has 5 heteroatoms. The average molecular weight is 349 g/mol. The van der Waals surface area contributed by atoms with Crippen molar-refractivity contribution in [3.8, 4) is 0 Å². The molecule has 140 valence electrons. The summed E-state index contributed by atoms with van der Waals surface area (Å²) in [6.07, 6.45) is 8.14. The number of nitrogens with zero attached hydrogens (tertiary/aromatic N) is 1. The van der Waals surface area contributed by atoms with Crippen molar-refractivity contribution < 1.29 is 19.1 Å². The van der Waals surface area contributed by atoms with Crippen molar-refractivity contribution in [2.45, 2.75) is 65.7 Å². The number of carbonyl (C=O) groups is 2. The second kappa shape index (κ2) is 12.5. The molecule has 1 aromatic rings. The van der Waals surface area contributed by atoms with E-state index in [1.165, 1.54) is 38.2 Å². The molecule has 0 aliphatic carbocycles. The Bertz CT molecular complexity index is 528. The van der Waals surface area contributed by atoms with Crippen LogP contribution in [0.1, 0.15) is 86.7 Å². The maximum atomic E-state index is 12.0. The normalized spacial score (nSPS) is 10.7. The molecule has 0 N–H and O–H groups in total. The Morgan fingerprint density at radius 2 is 1.48 bits per heavy atom. The van der Waals surface area contributed by atoms with Gasteiger partial charge in [-0.3, -0.25) is 0 Å². The Morgan fingerprint density at radius 1 is 0.920 bits per heavy atom. The van der Waals surface area contributed by atoms with E-state index in [0.717, 1.165) is 12.8 Å². The number of ether oxygens (including phenoxy) is 2. The van der Waals surface area contributed by atoms with Crippen LogP contribution in [0.5, 0.6) is 0 Å². The summed E-state index contributed by atoms with van der Waals surface area (Å²) < 4.78 is 10.4. The highest BCUT2D eigenvalue weighted by atomic mass is 16.5. The molecule has 0 bridgehead atoms. The Kier molecular flexibility index (Phi) is 10.5. The van der Waals surface area contributed by atoms with Crippen LogP contribution in [0.2, 0.25) is 0 Å². The zero-order valence-electron chi connectivity index (χ0n) is 15.8. The Morgan fingerprint density at radius 3 is 2.08 bits per heavy atom. The van der Waals surface area contributed by atoms with Crippen LogP contribution in [0, 0.1) is 5.92 Å². The lowest BCUT2D eigenvalue weighted by Crippen LogP contribution is -2.15. The lowest BCUT2D eigenvalue weighted by atomic mass is 10.1. The van der Waals surface area contributed by atoms with Crippen molar-refractivity contribution in [2.75, 3.05) is 13.2 Å². The van der Waals surface area contributed by atoms with Gasteiger partial charge in [-0.2, -0.15) is 0 Å². The molecular formula is C20H31NO4. The molecule has 0 aliphatic rings. The van der Waals surface area contributed by atoms with Crippen molar-refractivity contribution in [1.29, 1.82) is 0 Å². The third kappa shape index (κ3) is 9.22. The van der Waals surface area contributed by atoms with Crippen LogP contribution in [0.3, 0.4) is 0 Å². The topological polar surface area (TPSA) is 65.5 Å². The molecule has 0 unspecified atom stereocenters. The van der Waals surface area contributed by atoms with Gasteiger partial charge in [0, 0.05) is 0 Å². The van der Waals surface area contributed by atoms with Gasteiger partial charge in [0.15, 0.2) is 0 Å². The summed E-state index contributed by atoms with van der Waals surface area (Å²) in [5.41, 5.74) is 0.271. The van der Waals surface area contributed by atoms with E-state index in [9.17, 15) is 9.59 Å². The molecule has 0 radical (unpaired) electrons. The standard InChI is InChI=1S/C20H31NO4/c1-4-5-6-7-8-9-10-14-24-19(22)17-12-11-13-18(21-17)20(23)25-15-16(2)3/h11-13,16H,4-10,14-15H2,1-3H3. The number of carbonyl (C=O) groups excluding carboxylic acids is 2. The fourth-order valence-electron chi connectivity index (χ4n) is 2.28. The van der Waals surface area contributed by atoms with Gasteiger partial charge in [0.1, 0.15) is 11.4 Å². The first-order valence-electron chi connectivity index (χ1n) is 9.36. The minimum Gasteiger partial charge on any atom is -0.461 e. The molecular weight excluding hydrogens is 318 g/mol. The predicted octanol–water partition coefficient (Wildman–Crippen LogP) is 4.80. The summed E-state index contributed by atoms with van der Waals surface area (Å²) in [5, 5.41) is 0. The highest BCUT2D eigenvalue weighted by Crippen LogP contribution is 2.08. The molecule has 0 amide bonds. The van der Waals surface area contributed by atoms with Crippen LogP contribution >= 0.6 is 0 Å². The van der Waals surface area contributed by atoms with Crippen LogP contribution in [0.15, 0.2) is 18.2 Å². The van der Waals surface area contributed by atoms with Gasteiger partial charge in [0.05, 0.1) is 13.2 Å². The van der Waals surface area contributed by atoms with Crippen molar-refractivity contribution in [1.82, 2.24) is 4.98 Å². The van der Waals surface area contributed by atoms with Crippen molar-refractivity contribution in [3.63, 3.8) is 0 Å². The van der Waals surface area contributed by atoms with Gasteiger partial charge in [-0.1, -0.05) is 65.4 Å². The molecule has 1 heterocycles. The fraction of sp³-hybridized carbons (Fsp3) is 0.650. The van der Waals surface area contributed by atoms with E-state index in [0.29, 0.717) is 13.2 Å². The summed E-state index contributed by atoms with van der Waals surface area (Å²) in [6.45, 7) is 6.83. The highest BCUT2D eigenvalue weighted by Gasteiger charge is 2.14. The lowest BCUT2D eigenvalue weighted by Gasteiger charge is -2.08. The first kappa shape index (κ1) is 21.1. The van der Waals surface area contributed by atoms with Gasteiger partial charge in [0.2, 0.25) is 0 Å². The number of unbranched alkanes of at least 4 members (excludes halogenated alkanes) is 6. The number of hydrogen-bond donors (Lipinski definition) is 0. The maximum absolute atomic E-state index is 12.0. The van der Waals surface area contributed by atoms with Gasteiger partial charge in [-0.25, -0.2) is 14.6 Å². The van der Waals surface area contributed by atoms with E-state index in [-0.39, 0.29) is 17.3 Å². The molecule has 0 saturated carbocycles. The minimum absolute atomic E-state index is 0.131. The zero-order chi connectivity index (χ0) is 18.5. The molecule has 25 heavy (non-hydrogen) atoms. The van der Waals surface area contributed by atoms with Crippen molar-refractivity contribution in [2.24, 2.45) is 5.92 Å². The Labute approximate surface area is 151 Å². The van der Waals surface area contributed by atoms with E-state index in [1.807, 2.05) is 13.8 Å². The Hall–Kier alpha value is -1.91. The zero-order valence-corrected chi connectivity index (χ0v) is 15.8. The molecule has 5 nitrogen and oxygen atoms in total. The summed E-state index contributed by atoms with van der Waals surface area (Å²) in [5.74, 6) is -0.765. The molecule has 0 atom stereocenters. The van der Waals surface area contributed by atoms with Gasteiger partial charge < -0.3 is 9.47 Å². The summed E-state index contributed by atoms with van der Waals surface area (Å²) in [7, 11) is 0. The van der Waals surface area contributed by atoms with Crippen LogP contribution in [-0.2, 0) is 9.47 Å². The van der Waals surface area contributed by atoms with Gasteiger partial charge >= 0.3 is 11.9 Å². The van der Waals surface area contributed by atoms with E-state index >= 15 is 0 Å². The van der Waals surface area contributed by atoms with Crippen LogP contribution in [0.4, 0.5) is 0 Å². The molecule has 1 aromatic heterocycles. The van der Waals surface area contributed by atoms with Crippen LogP contribution in [-0.4, -0.2) is 30.1 Å². The smallest absolute Gasteiger partial charge is 0.356 e. The fourth-order valence-corrected chi connectivity index (χ4v) is 2.28. The van der Waals surface area contributed by atoms with E-state index < -0.39 is 11.9 Å². The summed E-state index contributed by atoms with van der Waals surface area (Å²) in [4.78, 5) is 28.0. The van der Waals surface area contributed by atoms with Crippen molar-refractivity contribution >= 4 is 11.9 Å². The quantitative estimate of drug-likeness (QED) is 0.400. The Balaban J connectivity index is 2.33. The number of esters is 2. The summed E-state index contributed by atoms with van der Waals surface area (Å²) >= 11 is 0. The minimum atomic E-state index is -0.518. The third-order valence-corrected chi connectivity index (χ3v) is 3.70. The predicted molar refractivity (Wildman–Crippen MR) is 97.6 cm³/mol. The van der Waals surface area contributed by atoms with Gasteiger partial charge in [-0.15, -0.1) is 0 Å². The van der Waals surface area contributed by atoms with Crippen LogP contribution in [0.25, 0.3) is 0 Å². The van der Waals surface area contributed by atoms with Gasteiger partial charge in [0.25, 0.3) is 0 Å². The molecule has 0 saturated heterocycles. The first-order valence-corrected chi connectivity index (χ1v) is 9.36. The molecule has 0 aromatic carbocycles. The number of pyridine rings is 1. The second-order valence-corrected chi connectivity index (χ2v) is 6.66. The largest absolute Gasteiger partial charge is 0.461 e. The second-order valence-electron chi connectivity index (χ2n) is 6.66. The number of hydrogen-bond acceptors (Lipinski definition) is 5. The molecule has 1 rings (SSSR count). The SMILES string of the molecule is CCCCCCCCCOC(=O)c1cccc(C(=O)OCC(C)C)n1. The average Bonchev–Trinajstić information content (AvgIpc) is 2.61. The van der Waals surface area contributed by atoms with Gasteiger partial charge in [-0.05, 0) is 24.5 Å². The van der Waals surface area contributed by atoms with E-state index in [4.69, 9.17) is 9.47 Å². The number of rotatable bonds is 12. The maximum Gasteiger partial charge on any atom is 0.356 e. The van der Waals surface area contributed by atoms with Crippen LogP contribution < -0.4 is 0 Å².